The first-order valence-corrected chi connectivity index (χ1v) is 9.57. The minimum Gasteiger partial charge on any atom is -0.363 e. The van der Waals surface area contributed by atoms with Gasteiger partial charge in [-0.15, -0.1) is 37.2 Å². The topological polar surface area (TPSA) is 99.2 Å². The van der Waals surface area contributed by atoms with Crippen LogP contribution in [0.4, 0.5) is 5.82 Å². The van der Waals surface area contributed by atoms with Crippen molar-refractivity contribution in [1.82, 2.24) is 20.8 Å². The Balaban J connectivity index is 0.00000171. The number of amides is 1. The van der Waals surface area contributed by atoms with E-state index in [-0.39, 0.29) is 42.8 Å². The first kappa shape index (κ1) is 27.6. The summed E-state index contributed by atoms with van der Waals surface area (Å²) in [6, 6.07) is 14.1. The molecule has 7 nitrogen and oxygen atoms in total. The molecule has 0 unspecified atom stereocenters. The van der Waals surface area contributed by atoms with Gasteiger partial charge in [0.1, 0.15) is 5.82 Å². The zero-order valence-corrected chi connectivity index (χ0v) is 19.6. The molecular formula is C22H26Cl3N5O2. The van der Waals surface area contributed by atoms with E-state index in [0.29, 0.717) is 0 Å². The molecule has 0 aliphatic carbocycles. The fourth-order valence-electron chi connectivity index (χ4n) is 3.71. The number of nitrogens with one attached hydrogen (secondary N) is 3. The quantitative estimate of drug-likeness (QED) is 0.234. The van der Waals surface area contributed by atoms with E-state index in [1.807, 2.05) is 36.5 Å². The van der Waals surface area contributed by atoms with Gasteiger partial charge in [-0.3, -0.25) is 15.0 Å². The van der Waals surface area contributed by atoms with Crippen molar-refractivity contribution in [3.05, 3.63) is 72.1 Å². The zero-order chi connectivity index (χ0) is 20.1. The second kappa shape index (κ2) is 12.6. The highest BCUT2D eigenvalue weighted by molar-refractivity contribution is 5.90. The molecule has 1 saturated heterocycles. The fraction of sp³-hybridized carbons (Fsp3) is 0.227. The second-order valence-electron chi connectivity index (χ2n) is 7.33. The predicted octanol–water partition coefficient (Wildman–Crippen LogP) is 3.80. The normalized spacial score (nSPS) is 17.2. The number of rotatable bonds is 6. The third-order valence-electron chi connectivity index (χ3n) is 5.15. The Morgan fingerprint density at radius 1 is 1.12 bits per heavy atom. The van der Waals surface area contributed by atoms with Crippen molar-refractivity contribution < 1.29 is 10.0 Å². The van der Waals surface area contributed by atoms with E-state index >= 15 is 0 Å². The summed E-state index contributed by atoms with van der Waals surface area (Å²) >= 11 is 0. The van der Waals surface area contributed by atoms with Crippen molar-refractivity contribution in [2.45, 2.75) is 18.4 Å². The number of carbonyl (C=O) groups excluding carboxylic acids is 1. The maximum absolute atomic E-state index is 11.1. The largest absolute Gasteiger partial charge is 0.363 e. The highest BCUT2D eigenvalue weighted by Crippen LogP contribution is 2.26. The molecule has 4 rings (SSSR count). The summed E-state index contributed by atoms with van der Waals surface area (Å²) in [6.07, 6.45) is 8.32. The Hall–Kier alpha value is -2.42. The third-order valence-corrected chi connectivity index (χ3v) is 5.15. The number of hydrogen-bond donors (Lipinski definition) is 4. The highest BCUT2D eigenvalue weighted by atomic mass is 35.5. The van der Waals surface area contributed by atoms with Gasteiger partial charge < -0.3 is 10.6 Å². The summed E-state index contributed by atoms with van der Waals surface area (Å²) in [5, 5.41) is 16.7. The lowest BCUT2D eigenvalue weighted by Gasteiger charge is -2.30. The molecule has 172 valence electrons. The van der Waals surface area contributed by atoms with E-state index in [1.165, 1.54) is 11.6 Å². The summed E-state index contributed by atoms with van der Waals surface area (Å²) in [5.41, 5.74) is 4.40. The van der Waals surface area contributed by atoms with Crippen LogP contribution in [0.1, 0.15) is 17.5 Å². The van der Waals surface area contributed by atoms with Gasteiger partial charge in [-0.2, -0.15) is 0 Å². The first-order chi connectivity index (χ1) is 14.2. The van der Waals surface area contributed by atoms with E-state index < -0.39 is 5.91 Å². The van der Waals surface area contributed by atoms with Crippen LogP contribution in [0.15, 0.2) is 60.9 Å². The van der Waals surface area contributed by atoms with Gasteiger partial charge in [-0.05, 0) is 60.9 Å². The lowest BCUT2D eigenvalue weighted by molar-refractivity contribution is -0.124. The molecule has 0 saturated carbocycles. The van der Waals surface area contributed by atoms with Gasteiger partial charge in [0.2, 0.25) is 0 Å². The summed E-state index contributed by atoms with van der Waals surface area (Å²) in [7, 11) is 0. The van der Waals surface area contributed by atoms with Crippen LogP contribution in [0.3, 0.4) is 0 Å². The lowest BCUT2D eigenvalue weighted by atomic mass is 9.90. The number of aromatic nitrogens is 2. The van der Waals surface area contributed by atoms with E-state index in [2.05, 4.69) is 32.7 Å². The molecule has 4 N–H and O–H groups in total. The minimum atomic E-state index is -0.577. The number of nitrogens with zero attached hydrogens (tertiary/aromatic N) is 2. The van der Waals surface area contributed by atoms with Crippen LogP contribution in [0, 0.1) is 0 Å². The fourth-order valence-corrected chi connectivity index (χ4v) is 3.71. The molecule has 1 amide bonds. The lowest BCUT2D eigenvalue weighted by Crippen LogP contribution is -2.43. The SMILES string of the molecule is Cl.Cl.Cl.O=C(/C=C/c1ccc(N[C@]2(Cc3cnc4ccccc4c3)CCNC2)nc1)NO. The number of benzene rings is 1. The van der Waals surface area contributed by atoms with Crippen LogP contribution in [-0.4, -0.2) is 39.7 Å². The number of fused-ring (bicyclic) bond motifs is 1. The Labute approximate surface area is 205 Å². The van der Waals surface area contributed by atoms with Crippen molar-refractivity contribution in [3.63, 3.8) is 0 Å². The molecule has 1 aliphatic heterocycles. The van der Waals surface area contributed by atoms with Gasteiger partial charge in [0.15, 0.2) is 0 Å². The molecule has 3 heterocycles. The molecule has 1 aromatic carbocycles. The van der Waals surface area contributed by atoms with Crippen molar-refractivity contribution in [2.24, 2.45) is 0 Å². The Bertz CT molecular complexity index is 1040. The van der Waals surface area contributed by atoms with Crippen LogP contribution < -0.4 is 16.1 Å². The van der Waals surface area contributed by atoms with E-state index in [1.54, 1.807) is 17.8 Å². The Morgan fingerprint density at radius 3 is 2.62 bits per heavy atom. The number of halogens is 3. The minimum absolute atomic E-state index is 0. The number of para-hydroxylation sites is 1. The molecule has 10 heteroatoms. The van der Waals surface area contributed by atoms with Crippen molar-refractivity contribution >= 4 is 65.9 Å². The standard InChI is InChI=1S/C22H23N5O2.3ClH/c28-21(27-29)8-6-16-5-7-20(25-13-16)26-22(9-10-23-15-22)12-17-11-18-3-1-2-4-19(18)24-14-17;;;/h1-8,11,13-14,23,29H,9-10,12,15H2,(H,25,26)(H,27,28);3*1H/b8-6+;;;/t22-;;;/m0.../s1. The second-order valence-corrected chi connectivity index (χ2v) is 7.33. The molecule has 1 fully saturated rings. The molecule has 2 aromatic heterocycles. The van der Waals surface area contributed by atoms with Crippen molar-refractivity contribution in [3.8, 4) is 0 Å². The number of anilines is 1. The van der Waals surface area contributed by atoms with Crippen LogP contribution in [0.25, 0.3) is 17.0 Å². The van der Waals surface area contributed by atoms with Crippen molar-refractivity contribution in [2.75, 3.05) is 18.4 Å². The van der Waals surface area contributed by atoms with Gasteiger partial charge in [-0.1, -0.05) is 18.2 Å². The summed E-state index contributed by atoms with van der Waals surface area (Å²) < 4.78 is 0. The maximum Gasteiger partial charge on any atom is 0.267 e. The Morgan fingerprint density at radius 2 is 1.94 bits per heavy atom. The summed E-state index contributed by atoms with van der Waals surface area (Å²) in [6.45, 7) is 1.80. The average Bonchev–Trinajstić information content (AvgIpc) is 3.20. The van der Waals surface area contributed by atoms with Gasteiger partial charge >= 0.3 is 0 Å². The van der Waals surface area contributed by atoms with E-state index in [9.17, 15) is 4.79 Å². The monoisotopic (exact) mass is 497 g/mol. The van der Waals surface area contributed by atoms with Crippen LogP contribution in [0.2, 0.25) is 0 Å². The van der Waals surface area contributed by atoms with E-state index in [0.717, 1.165) is 48.2 Å². The van der Waals surface area contributed by atoms with Crippen LogP contribution >= 0.6 is 37.2 Å². The molecule has 3 aromatic rings. The molecule has 1 atom stereocenters. The molecule has 0 spiro atoms. The van der Waals surface area contributed by atoms with Gasteiger partial charge in [0.05, 0.1) is 11.1 Å². The van der Waals surface area contributed by atoms with Gasteiger partial charge in [0.25, 0.3) is 5.91 Å². The van der Waals surface area contributed by atoms with Crippen molar-refractivity contribution in [1.29, 1.82) is 0 Å². The number of pyridine rings is 2. The first-order valence-electron chi connectivity index (χ1n) is 9.57. The molecule has 0 bridgehead atoms. The van der Waals surface area contributed by atoms with Crippen LogP contribution in [0.5, 0.6) is 0 Å². The average molecular weight is 499 g/mol. The Kier molecular flexibility index (Phi) is 10.9. The third kappa shape index (κ3) is 6.79. The van der Waals surface area contributed by atoms with Gasteiger partial charge in [0, 0.05) is 30.4 Å². The number of carbonyl (C=O) groups is 1. The zero-order valence-electron chi connectivity index (χ0n) is 17.2. The molecule has 1 aliphatic rings. The highest BCUT2D eigenvalue weighted by Gasteiger charge is 2.34. The summed E-state index contributed by atoms with van der Waals surface area (Å²) in [5.74, 6) is 0.207. The molecular weight excluding hydrogens is 473 g/mol. The smallest absolute Gasteiger partial charge is 0.267 e. The predicted molar refractivity (Wildman–Crippen MR) is 134 cm³/mol. The number of hydroxylamine groups is 1. The van der Waals surface area contributed by atoms with Gasteiger partial charge in [-0.25, -0.2) is 10.5 Å². The molecule has 32 heavy (non-hydrogen) atoms. The number of hydrogen-bond acceptors (Lipinski definition) is 6. The van der Waals surface area contributed by atoms with Crippen LogP contribution in [-0.2, 0) is 11.2 Å². The molecule has 0 radical (unpaired) electrons. The summed E-state index contributed by atoms with van der Waals surface area (Å²) in [4.78, 5) is 20.2. The maximum atomic E-state index is 11.1. The van der Waals surface area contributed by atoms with E-state index in [4.69, 9.17) is 5.21 Å².